The van der Waals surface area contributed by atoms with Crippen LogP contribution in [0.25, 0.3) is 0 Å². The van der Waals surface area contributed by atoms with Gasteiger partial charge in [-0.1, -0.05) is 6.92 Å². The molecule has 0 aromatic rings. The highest BCUT2D eigenvalue weighted by molar-refractivity contribution is 7.91. The monoisotopic (exact) mass is 193 g/mol. The first-order chi connectivity index (χ1) is 5.55. The number of hydrogen-bond acceptors (Lipinski definition) is 4. The van der Waals surface area contributed by atoms with Crippen LogP contribution in [0.15, 0.2) is 0 Å². The van der Waals surface area contributed by atoms with Crippen LogP contribution in [0.2, 0.25) is 0 Å². The zero-order valence-corrected chi connectivity index (χ0v) is 7.97. The van der Waals surface area contributed by atoms with Gasteiger partial charge in [0.2, 0.25) is 0 Å². The first kappa shape index (κ1) is 9.95. The predicted octanol–water partition coefficient (Wildman–Crippen LogP) is -0.856. The smallest absolute Gasteiger partial charge is 0.154 e. The van der Waals surface area contributed by atoms with Gasteiger partial charge in [-0.05, 0) is 13.0 Å². The minimum absolute atomic E-state index is 0.0775. The van der Waals surface area contributed by atoms with Crippen LogP contribution in [0.5, 0.6) is 0 Å². The van der Waals surface area contributed by atoms with E-state index in [0.29, 0.717) is 0 Å². The second kappa shape index (κ2) is 3.72. The summed E-state index contributed by atoms with van der Waals surface area (Å²) in [6.45, 7) is 2.76. The Bertz CT molecular complexity index is 237. The van der Waals surface area contributed by atoms with Crippen molar-refractivity contribution in [2.75, 3.05) is 18.1 Å². The van der Waals surface area contributed by atoms with Crippen molar-refractivity contribution in [3.8, 4) is 0 Å². The molecule has 12 heavy (non-hydrogen) atoms. The number of hydrogen-bond donors (Lipinski definition) is 2. The average Bonchev–Trinajstić information content (AvgIpc) is 2.20. The Balaban J connectivity index is 2.47. The minimum atomic E-state index is -2.99. The molecule has 4 nitrogen and oxygen atoms in total. The summed E-state index contributed by atoms with van der Waals surface area (Å²) in [5, 5.41) is 12.3. The molecule has 0 unspecified atom stereocenters. The molecule has 1 saturated heterocycles. The summed E-state index contributed by atoms with van der Waals surface area (Å²) in [7, 11) is -2.99. The summed E-state index contributed by atoms with van der Waals surface area (Å²) in [4.78, 5) is 0. The summed E-state index contributed by atoms with van der Waals surface area (Å²) < 4.78 is 22.0. The third-order valence-corrected chi connectivity index (χ3v) is 3.70. The van der Waals surface area contributed by atoms with E-state index in [1.807, 2.05) is 6.92 Å². The fourth-order valence-electron chi connectivity index (χ4n) is 1.35. The lowest BCUT2D eigenvalue weighted by Crippen LogP contribution is -2.39. The SMILES string of the molecule is CCCN[C@@H]1CS(=O)(=O)C[C@H]1O. The first-order valence-corrected chi connectivity index (χ1v) is 5.99. The molecule has 1 fully saturated rings. The summed E-state index contributed by atoms with van der Waals surface area (Å²) >= 11 is 0. The molecule has 1 aliphatic rings. The number of aliphatic hydroxyl groups excluding tert-OH is 1. The summed E-state index contributed by atoms with van der Waals surface area (Å²) in [5.41, 5.74) is 0. The van der Waals surface area contributed by atoms with Gasteiger partial charge in [-0.2, -0.15) is 0 Å². The van der Waals surface area contributed by atoms with E-state index in [0.717, 1.165) is 13.0 Å². The van der Waals surface area contributed by atoms with Gasteiger partial charge in [-0.3, -0.25) is 0 Å². The predicted molar refractivity (Wildman–Crippen MR) is 46.7 cm³/mol. The van der Waals surface area contributed by atoms with Crippen LogP contribution in [-0.4, -0.2) is 43.7 Å². The maximum Gasteiger partial charge on any atom is 0.154 e. The Morgan fingerprint density at radius 2 is 2.17 bits per heavy atom. The second-order valence-electron chi connectivity index (χ2n) is 3.20. The molecule has 5 heteroatoms. The number of nitrogens with one attached hydrogen (secondary N) is 1. The quantitative estimate of drug-likeness (QED) is 0.612. The van der Waals surface area contributed by atoms with Crippen LogP contribution in [0.1, 0.15) is 13.3 Å². The highest BCUT2D eigenvalue weighted by Crippen LogP contribution is 2.11. The van der Waals surface area contributed by atoms with Crippen molar-refractivity contribution in [2.24, 2.45) is 0 Å². The van der Waals surface area contributed by atoms with Crippen molar-refractivity contribution in [3.05, 3.63) is 0 Å². The molecule has 0 bridgehead atoms. The Morgan fingerprint density at radius 1 is 1.50 bits per heavy atom. The van der Waals surface area contributed by atoms with Gasteiger partial charge < -0.3 is 10.4 Å². The normalized spacial score (nSPS) is 33.8. The molecule has 0 spiro atoms. The van der Waals surface area contributed by atoms with Gasteiger partial charge >= 0.3 is 0 Å². The van der Waals surface area contributed by atoms with E-state index in [9.17, 15) is 13.5 Å². The standard InChI is InChI=1S/C7H15NO3S/c1-2-3-8-6-4-12(10,11)5-7(6)9/h6-9H,2-5H2,1H3/t6-,7-/m1/s1. The summed E-state index contributed by atoms with van der Waals surface area (Å²) in [6.07, 6.45) is 0.227. The van der Waals surface area contributed by atoms with Crippen molar-refractivity contribution in [1.82, 2.24) is 5.32 Å². The molecule has 0 aliphatic carbocycles. The van der Waals surface area contributed by atoms with E-state index >= 15 is 0 Å². The van der Waals surface area contributed by atoms with Crippen LogP contribution in [-0.2, 0) is 9.84 Å². The summed E-state index contributed by atoms with van der Waals surface area (Å²) in [5.74, 6) is -0.0114. The van der Waals surface area contributed by atoms with E-state index in [1.54, 1.807) is 0 Å². The minimum Gasteiger partial charge on any atom is -0.390 e. The molecule has 72 valence electrons. The van der Waals surface area contributed by atoms with E-state index in [1.165, 1.54) is 0 Å². The van der Waals surface area contributed by atoms with Crippen molar-refractivity contribution in [2.45, 2.75) is 25.5 Å². The van der Waals surface area contributed by atoms with Crippen LogP contribution in [0.4, 0.5) is 0 Å². The number of rotatable bonds is 3. The van der Waals surface area contributed by atoms with Gasteiger partial charge in [-0.25, -0.2) is 8.42 Å². The summed E-state index contributed by atoms with van der Waals surface area (Å²) in [6, 6.07) is -0.255. The molecule has 0 aromatic carbocycles. The van der Waals surface area contributed by atoms with Crippen LogP contribution in [0, 0.1) is 0 Å². The Hall–Kier alpha value is -0.130. The third-order valence-electron chi connectivity index (χ3n) is 1.98. The lowest BCUT2D eigenvalue weighted by molar-refractivity contribution is 0.166. The maximum absolute atomic E-state index is 11.0. The van der Waals surface area contributed by atoms with Gasteiger partial charge in [0.15, 0.2) is 9.84 Å². The molecular formula is C7H15NO3S. The molecule has 1 aliphatic heterocycles. The Morgan fingerprint density at radius 3 is 2.58 bits per heavy atom. The third kappa shape index (κ3) is 2.43. The molecule has 1 rings (SSSR count). The zero-order valence-electron chi connectivity index (χ0n) is 7.16. The van der Waals surface area contributed by atoms with Crippen LogP contribution in [0.3, 0.4) is 0 Å². The molecule has 0 aromatic heterocycles. The lowest BCUT2D eigenvalue weighted by atomic mass is 10.2. The average molecular weight is 193 g/mol. The number of sulfone groups is 1. The van der Waals surface area contributed by atoms with Crippen LogP contribution >= 0.6 is 0 Å². The Labute approximate surface area is 72.9 Å². The van der Waals surface area contributed by atoms with Crippen molar-refractivity contribution >= 4 is 9.84 Å². The van der Waals surface area contributed by atoms with E-state index in [4.69, 9.17) is 0 Å². The van der Waals surface area contributed by atoms with Crippen molar-refractivity contribution in [3.63, 3.8) is 0 Å². The van der Waals surface area contributed by atoms with E-state index in [2.05, 4.69) is 5.32 Å². The molecule has 2 atom stereocenters. The van der Waals surface area contributed by atoms with Crippen LogP contribution < -0.4 is 5.32 Å². The van der Waals surface area contributed by atoms with Gasteiger partial charge in [0.05, 0.1) is 17.6 Å². The second-order valence-corrected chi connectivity index (χ2v) is 5.36. The van der Waals surface area contributed by atoms with Gasteiger partial charge in [0.25, 0.3) is 0 Å². The lowest BCUT2D eigenvalue weighted by Gasteiger charge is -2.13. The Kier molecular flexibility index (Phi) is 3.09. The van der Waals surface area contributed by atoms with Gasteiger partial charge in [0.1, 0.15) is 0 Å². The van der Waals surface area contributed by atoms with E-state index in [-0.39, 0.29) is 17.5 Å². The van der Waals surface area contributed by atoms with E-state index < -0.39 is 15.9 Å². The maximum atomic E-state index is 11.0. The molecular weight excluding hydrogens is 178 g/mol. The fourth-order valence-corrected chi connectivity index (χ4v) is 3.13. The fraction of sp³-hybridized carbons (Fsp3) is 1.00. The van der Waals surface area contributed by atoms with Gasteiger partial charge in [0, 0.05) is 6.04 Å². The van der Waals surface area contributed by atoms with Gasteiger partial charge in [-0.15, -0.1) is 0 Å². The highest BCUT2D eigenvalue weighted by atomic mass is 32.2. The number of aliphatic hydroxyl groups is 1. The molecule has 2 N–H and O–H groups in total. The zero-order chi connectivity index (χ0) is 9.19. The largest absolute Gasteiger partial charge is 0.390 e. The molecule has 1 heterocycles. The highest BCUT2D eigenvalue weighted by Gasteiger charge is 2.35. The molecule has 0 saturated carbocycles. The van der Waals surface area contributed by atoms with Crippen molar-refractivity contribution < 1.29 is 13.5 Å². The van der Waals surface area contributed by atoms with Crippen molar-refractivity contribution in [1.29, 1.82) is 0 Å². The first-order valence-electron chi connectivity index (χ1n) is 4.17. The molecule has 0 amide bonds. The topological polar surface area (TPSA) is 66.4 Å². The molecule has 0 radical (unpaired) electrons.